The number of carboxylic acid groups (broad SMARTS) is 1. The fraction of sp³-hybridized carbons (Fsp3) is 0.273. The number of amides is 3. The molecule has 109 heavy (non-hydrogen) atoms. The summed E-state index contributed by atoms with van der Waals surface area (Å²) in [5.41, 5.74) is 16.4. The van der Waals surface area contributed by atoms with Crippen molar-refractivity contribution in [1.29, 1.82) is 0 Å². The van der Waals surface area contributed by atoms with Crippen LogP contribution in [0.2, 0.25) is 0 Å². The first kappa shape index (κ1) is 77.2. The number of anilines is 2. The average molecular weight is 1500 g/mol. The lowest BCUT2D eigenvalue weighted by atomic mass is 9.77. The smallest absolute Gasteiger partial charge is 0.410 e. The fourth-order valence-electron chi connectivity index (χ4n) is 14.3. The Labute approximate surface area is 645 Å². The Morgan fingerprint density at radius 2 is 0.826 bits per heavy atom. The fourth-order valence-corrected chi connectivity index (χ4v) is 15.9. The topological polar surface area (TPSA) is 231 Å². The number of nitrogens with zero attached hydrogens (tertiary/aromatic N) is 8. The molecule has 8 aromatic carbocycles. The molecular formula is C88H92N10O9S2. The maximum Gasteiger partial charge on any atom is 0.410 e. The predicted molar refractivity (Wildman–Crippen MR) is 435 cm³/mol. The molecule has 19 nitrogen and oxygen atoms in total. The van der Waals surface area contributed by atoms with E-state index in [1.165, 1.54) is 28.4 Å². The Morgan fingerprint density at radius 1 is 0.477 bits per heavy atom. The zero-order valence-corrected chi connectivity index (χ0v) is 64.7. The van der Waals surface area contributed by atoms with Crippen molar-refractivity contribution >= 4 is 80.8 Å². The number of nitrogens with one attached hydrogen (secondary N) is 1. The SMILES string of the molecule is CCOc1cc(-c2nn(C(c3ccccc3)(c3ccccc3)c3ccccc3)c3ccc(N)cc23)ccn1.CCOc1cc(-c2nn(C(c3ccccc3)(c3ccccc3)c3ccccc3)c3ccc(NC(=O)[C@]4(SC)CCN(C(=O)OC(C)(C)C)C4)cc23)ccn1.CS[C@@]1(C(=O)O)CCN(C(=O)OC(C)(C)C)C1. The number of nitrogens with two attached hydrogens (primary N) is 1. The first-order valence-corrected chi connectivity index (χ1v) is 38.9. The van der Waals surface area contributed by atoms with Crippen LogP contribution < -0.4 is 20.5 Å². The third-order valence-corrected chi connectivity index (χ3v) is 22.0. The van der Waals surface area contributed by atoms with Gasteiger partial charge in [0, 0.05) is 84.0 Å². The number of carboxylic acids is 1. The van der Waals surface area contributed by atoms with Crippen molar-refractivity contribution in [2.75, 3.05) is 63.0 Å². The molecule has 0 bridgehead atoms. The molecule has 0 saturated carbocycles. The van der Waals surface area contributed by atoms with Gasteiger partial charge in [-0.15, -0.1) is 23.5 Å². The number of nitrogen functional groups attached to an aromatic ring is 1. The molecule has 14 rings (SSSR count). The van der Waals surface area contributed by atoms with E-state index in [2.05, 4.69) is 176 Å². The van der Waals surface area contributed by atoms with Gasteiger partial charge in [-0.05, 0) is 163 Å². The molecule has 0 radical (unpaired) electrons. The van der Waals surface area contributed by atoms with Gasteiger partial charge >= 0.3 is 18.2 Å². The number of carbonyl (C=O) groups is 4. The Balaban J connectivity index is 0.000000174. The number of hydrogen-bond acceptors (Lipinski definition) is 15. The minimum absolute atomic E-state index is 0.163. The number of likely N-dealkylation sites (tertiary alicyclic amines) is 2. The molecule has 0 spiro atoms. The standard InChI is InChI=1S/C44H45N5O4S.C33H28N4O.C11H19NO4S/c1-6-52-38-28-31(24-26-45-38)39-36-29-35(46-40(50)43(54-5)25-27-48(30-43)41(51)53-42(2,3)4)22-23-37(36)49(47-39)44(32-16-10-7-11-17-32,33-18-12-8-13-19-33)34-20-14-9-15-21-34;1-2-38-31-22-24(20-21-35-31)32-29-23-28(34)18-19-30(29)37(36-32)33(25-12-6-3-7-13-25,26-14-8-4-9-15-26)27-16-10-5-11-17-27;1-10(2,3)16-9(15)12-6-5-11(7-12,17-4)8(13)14/h7-24,26,28-29H,6,25,27,30H2,1-5H3,(H,46,50);3-23H,2,34H2,1H3;5-7H2,1-4H3,(H,13,14)/t43-;;11-/m0.0/s1. The van der Waals surface area contributed by atoms with E-state index < -0.39 is 49.9 Å². The highest BCUT2D eigenvalue weighted by atomic mass is 32.2. The summed E-state index contributed by atoms with van der Waals surface area (Å²) in [7, 11) is 0. The third kappa shape index (κ3) is 16.2. The van der Waals surface area contributed by atoms with Gasteiger partial charge in [-0.2, -0.15) is 10.2 Å². The molecule has 21 heteroatoms. The Kier molecular flexibility index (Phi) is 23.4. The molecule has 2 atom stereocenters. The second-order valence-corrected chi connectivity index (χ2v) is 31.1. The number of pyridine rings is 2. The maximum absolute atomic E-state index is 14.2. The van der Waals surface area contributed by atoms with Gasteiger partial charge in [0.25, 0.3) is 0 Å². The quantitative estimate of drug-likeness (QED) is 0.0505. The van der Waals surface area contributed by atoms with Crippen molar-refractivity contribution in [3.05, 3.63) is 288 Å². The number of ether oxygens (including phenoxy) is 4. The highest BCUT2D eigenvalue weighted by Crippen LogP contribution is 2.48. The summed E-state index contributed by atoms with van der Waals surface area (Å²) in [5.74, 6) is 0.0393. The van der Waals surface area contributed by atoms with Crippen LogP contribution in [-0.4, -0.2) is 141 Å². The van der Waals surface area contributed by atoms with Crippen LogP contribution in [0.4, 0.5) is 21.0 Å². The monoisotopic (exact) mass is 1500 g/mol. The lowest BCUT2D eigenvalue weighted by Gasteiger charge is -2.37. The molecule has 560 valence electrons. The van der Waals surface area contributed by atoms with Gasteiger partial charge in [0.1, 0.15) is 43.2 Å². The van der Waals surface area contributed by atoms with Crippen LogP contribution in [0, 0.1) is 0 Å². The van der Waals surface area contributed by atoms with Gasteiger partial charge in [-0.1, -0.05) is 182 Å². The second-order valence-electron chi connectivity index (χ2n) is 28.7. The second kappa shape index (κ2) is 33.0. The lowest BCUT2D eigenvalue weighted by Crippen LogP contribution is -2.44. The molecule has 4 N–H and O–H groups in total. The number of hydrogen-bond donors (Lipinski definition) is 3. The third-order valence-electron chi connectivity index (χ3n) is 19.4. The number of aliphatic carboxylic acids is 1. The van der Waals surface area contributed by atoms with Crippen LogP contribution in [0.1, 0.15) is 102 Å². The lowest BCUT2D eigenvalue weighted by molar-refractivity contribution is -0.139. The van der Waals surface area contributed by atoms with Crippen LogP contribution in [-0.2, 0) is 30.1 Å². The molecule has 0 aliphatic carbocycles. The zero-order chi connectivity index (χ0) is 77.1. The van der Waals surface area contributed by atoms with Crippen molar-refractivity contribution in [3.63, 3.8) is 0 Å². The number of aromatic nitrogens is 6. The maximum atomic E-state index is 14.2. The highest BCUT2D eigenvalue weighted by molar-refractivity contribution is 8.01. The van der Waals surface area contributed by atoms with Crippen LogP contribution >= 0.6 is 23.5 Å². The molecular weight excluding hydrogens is 1410 g/mol. The van der Waals surface area contributed by atoms with Gasteiger partial charge in [0.05, 0.1) is 24.2 Å². The van der Waals surface area contributed by atoms with E-state index in [0.717, 1.165) is 72.0 Å². The van der Waals surface area contributed by atoms with E-state index in [4.69, 9.17) is 34.9 Å². The first-order chi connectivity index (χ1) is 52.5. The van der Waals surface area contributed by atoms with E-state index >= 15 is 0 Å². The Morgan fingerprint density at radius 3 is 1.17 bits per heavy atom. The predicted octanol–water partition coefficient (Wildman–Crippen LogP) is 17.8. The van der Waals surface area contributed by atoms with E-state index in [-0.39, 0.29) is 19.0 Å². The van der Waals surface area contributed by atoms with Crippen molar-refractivity contribution < 1.29 is 43.2 Å². The molecule has 2 aliphatic rings. The number of fused-ring (bicyclic) bond motifs is 2. The average Bonchev–Trinajstić information content (AvgIpc) is 1.64. The van der Waals surface area contributed by atoms with Crippen LogP contribution in [0.25, 0.3) is 44.3 Å². The van der Waals surface area contributed by atoms with Crippen molar-refractivity contribution in [2.24, 2.45) is 0 Å². The van der Waals surface area contributed by atoms with Crippen molar-refractivity contribution in [3.8, 4) is 34.3 Å². The van der Waals surface area contributed by atoms with Crippen molar-refractivity contribution in [2.45, 2.75) is 100 Å². The summed E-state index contributed by atoms with van der Waals surface area (Å²) in [6.07, 6.45) is 7.29. The van der Waals surface area contributed by atoms with E-state index in [1.807, 2.05) is 132 Å². The number of rotatable bonds is 19. The van der Waals surface area contributed by atoms with Gasteiger partial charge < -0.3 is 44.9 Å². The van der Waals surface area contributed by atoms with Gasteiger partial charge in [0.15, 0.2) is 0 Å². The van der Waals surface area contributed by atoms with Crippen LogP contribution in [0.15, 0.2) is 255 Å². The summed E-state index contributed by atoms with van der Waals surface area (Å²) in [6, 6.07) is 82.6. The van der Waals surface area contributed by atoms with Gasteiger partial charge in [-0.3, -0.25) is 9.59 Å². The number of thioether (sulfide) groups is 2. The highest BCUT2D eigenvalue weighted by Gasteiger charge is 2.49. The Hall–Kier alpha value is -11.4. The van der Waals surface area contributed by atoms with Crippen LogP contribution in [0.5, 0.6) is 11.8 Å². The minimum Gasteiger partial charge on any atom is -0.480 e. The number of carbonyl (C=O) groups excluding carboxylic acids is 3. The number of benzene rings is 8. The molecule has 0 unspecified atom stereocenters. The summed E-state index contributed by atoms with van der Waals surface area (Å²) < 4.78 is 25.0. The van der Waals surface area contributed by atoms with E-state index in [0.29, 0.717) is 68.0 Å². The molecule has 12 aromatic rings. The molecule has 2 fully saturated rings. The molecule has 2 saturated heterocycles. The summed E-state index contributed by atoms with van der Waals surface area (Å²) >= 11 is 2.74. The minimum atomic E-state index is -0.878. The normalized spacial score (nSPS) is 15.8. The van der Waals surface area contributed by atoms with Crippen molar-refractivity contribution in [1.82, 2.24) is 39.3 Å². The molecule has 6 heterocycles. The van der Waals surface area contributed by atoms with Crippen LogP contribution in [0.3, 0.4) is 0 Å². The molecule has 3 amide bonds. The molecule has 2 aliphatic heterocycles. The summed E-state index contributed by atoms with van der Waals surface area (Å²) in [6.45, 7) is 17.1. The van der Waals surface area contributed by atoms with Gasteiger partial charge in [0.2, 0.25) is 17.7 Å². The zero-order valence-electron chi connectivity index (χ0n) is 63.1. The Bertz CT molecular complexity index is 4950. The first-order valence-electron chi connectivity index (χ1n) is 36.4. The largest absolute Gasteiger partial charge is 0.480 e. The summed E-state index contributed by atoms with van der Waals surface area (Å²) in [4.78, 5) is 62.0. The van der Waals surface area contributed by atoms with E-state index in [9.17, 15) is 24.3 Å². The van der Waals surface area contributed by atoms with E-state index in [1.54, 1.807) is 44.3 Å². The molecule has 4 aromatic heterocycles. The summed E-state index contributed by atoms with van der Waals surface area (Å²) in [5, 5.41) is 25.1. The van der Waals surface area contributed by atoms with Gasteiger partial charge in [-0.25, -0.2) is 28.9 Å².